The van der Waals surface area contributed by atoms with E-state index in [1.54, 1.807) is 0 Å². The molecule has 0 saturated heterocycles. The van der Waals surface area contributed by atoms with Crippen molar-refractivity contribution < 1.29 is 0 Å². The minimum atomic E-state index is 0.566. The highest BCUT2D eigenvalue weighted by Crippen LogP contribution is 2.28. The number of nitrogens with one attached hydrogen (secondary N) is 1. The quantitative estimate of drug-likeness (QED) is 0.891. The van der Waals surface area contributed by atoms with Gasteiger partial charge in [0, 0.05) is 11.4 Å². The van der Waals surface area contributed by atoms with Crippen LogP contribution in [0.1, 0.15) is 32.6 Å². The van der Waals surface area contributed by atoms with Gasteiger partial charge in [-0.25, -0.2) is 0 Å². The van der Waals surface area contributed by atoms with E-state index in [4.69, 9.17) is 0 Å². The summed E-state index contributed by atoms with van der Waals surface area (Å²) in [5, 5.41) is 9.47. The van der Waals surface area contributed by atoms with Crippen LogP contribution < -0.4 is 5.32 Å². The van der Waals surface area contributed by atoms with Gasteiger partial charge in [-0.1, -0.05) is 38.0 Å². The van der Waals surface area contributed by atoms with Crippen LogP contribution in [-0.4, -0.2) is 22.4 Å². The van der Waals surface area contributed by atoms with Crippen LogP contribution in [0.2, 0.25) is 0 Å². The number of nitrogens with zero attached hydrogens (tertiary/aromatic N) is 2. The van der Waals surface area contributed by atoms with Gasteiger partial charge in [-0.2, -0.15) is 5.10 Å². The summed E-state index contributed by atoms with van der Waals surface area (Å²) < 4.78 is 2.17. The Kier molecular flexibility index (Phi) is 3.83. The van der Waals surface area contributed by atoms with Crippen LogP contribution in [0.15, 0.2) is 30.5 Å². The molecule has 3 rings (SSSR count). The lowest BCUT2D eigenvalue weighted by Crippen LogP contribution is -2.39. The number of rotatable bonds is 5. The van der Waals surface area contributed by atoms with Crippen LogP contribution in [-0.2, 0) is 6.54 Å². The van der Waals surface area contributed by atoms with Gasteiger partial charge in [0.25, 0.3) is 0 Å². The molecule has 1 aromatic carbocycles. The minimum Gasteiger partial charge on any atom is -0.312 e. The van der Waals surface area contributed by atoms with E-state index in [9.17, 15) is 0 Å². The maximum Gasteiger partial charge on any atom is 0.0683 e. The molecule has 0 aliphatic heterocycles. The van der Waals surface area contributed by atoms with Gasteiger partial charge in [0.15, 0.2) is 0 Å². The zero-order chi connectivity index (χ0) is 13.1. The zero-order valence-corrected chi connectivity index (χ0v) is 11.7. The maximum atomic E-state index is 4.57. The predicted molar refractivity (Wildman–Crippen MR) is 79.2 cm³/mol. The number of hydrogen-bond donors (Lipinski definition) is 1. The Hall–Kier alpha value is -1.35. The number of aromatic nitrogens is 2. The zero-order valence-electron chi connectivity index (χ0n) is 11.7. The second-order valence-electron chi connectivity index (χ2n) is 5.59. The first-order valence-electron chi connectivity index (χ1n) is 7.52. The molecule has 1 aliphatic rings. The van der Waals surface area contributed by atoms with Crippen molar-refractivity contribution in [3.63, 3.8) is 0 Å². The van der Waals surface area contributed by atoms with Crippen molar-refractivity contribution in [3.05, 3.63) is 30.5 Å². The van der Waals surface area contributed by atoms with Gasteiger partial charge >= 0.3 is 0 Å². The summed E-state index contributed by atoms with van der Waals surface area (Å²) in [7, 11) is 0. The van der Waals surface area contributed by atoms with E-state index in [0.717, 1.165) is 19.0 Å². The number of hydrogen-bond acceptors (Lipinski definition) is 2. The molecule has 3 nitrogen and oxygen atoms in total. The molecule has 0 bridgehead atoms. The lowest BCUT2D eigenvalue weighted by Gasteiger charge is -2.24. The molecule has 1 atom stereocenters. The summed E-state index contributed by atoms with van der Waals surface area (Å²) >= 11 is 0. The third kappa shape index (κ3) is 2.66. The summed E-state index contributed by atoms with van der Waals surface area (Å²) in [6.45, 7) is 4.23. The molecule has 1 unspecified atom stereocenters. The Bertz CT molecular complexity index is 526. The molecule has 102 valence electrons. The highest BCUT2D eigenvalue weighted by molar-refractivity contribution is 5.78. The standard InChI is InChI=1S/C16H23N3/c1-2-17-15(13-7-3-4-8-13)12-19-16-10-6-5-9-14(16)11-18-19/h5-6,9-11,13,15,17H,2-4,7-8,12H2,1H3. The normalized spacial score (nSPS) is 18.2. The fourth-order valence-electron chi connectivity index (χ4n) is 3.36. The van der Waals surface area contributed by atoms with Crippen LogP contribution in [0, 0.1) is 5.92 Å². The predicted octanol–water partition coefficient (Wildman–Crippen LogP) is 3.20. The smallest absolute Gasteiger partial charge is 0.0683 e. The summed E-state index contributed by atoms with van der Waals surface area (Å²) in [5.41, 5.74) is 1.25. The van der Waals surface area contributed by atoms with Crippen LogP contribution in [0.3, 0.4) is 0 Å². The molecule has 0 amide bonds. The van der Waals surface area contributed by atoms with E-state index in [0.29, 0.717) is 6.04 Å². The molecule has 1 fully saturated rings. The van der Waals surface area contributed by atoms with Gasteiger partial charge in [-0.3, -0.25) is 4.68 Å². The molecule has 3 heteroatoms. The van der Waals surface area contributed by atoms with Gasteiger partial charge < -0.3 is 5.32 Å². The molecule has 1 aromatic heterocycles. The van der Waals surface area contributed by atoms with Gasteiger partial charge in [0.1, 0.15) is 0 Å². The van der Waals surface area contributed by atoms with E-state index < -0.39 is 0 Å². The SMILES string of the molecule is CCNC(Cn1ncc2ccccc21)C1CCCC1. The second-order valence-corrected chi connectivity index (χ2v) is 5.59. The molecule has 19 heavy (non-hydrogen) atoms. The van der Waals surface area contributed by atoms with Gasteiger partial charge in [-0.15, -0.1) is 0 Å². The maximum absolute atomic E-state index is 4.57. The lowest BCUT2D eigenvalue weighted by atomic mass is 9.98. The Morgan fingerprint density at radius 1 is 1.32 bits per heavy atom. The van der Waals surface area contributed by atoms with Crippen molar-refractivity contribution in [1.29, 1.82) is 0 Å². The van der Waals surface area contributed by atoms with Crippen LogP contribution in [0.4, 0.5) is 0 Å². The summed E-state index contributed by atoms with van der Waals surface area (Å²) in [6, 6.07) is 9.04. The molecule has 1 N–H and O–H groups in total. The number of likely N-dealkylation sites (N-methyl/N-ethyl adjacent to an activating group) is 1. The van der Waals surface area contributed by atoms with E-state index in [-0.39, 0.29) is 0 Å². The third-order valence-corrected chi connectivity index (χ3v) is 4.36. The van der Waals surface area contributed by atoms with Crippen molar-refractivity contribution in [2.45, 2.75) is 45.2 Å². The Balaban J connectivity index is 1.80. The Morgan fingerprint density at radius 3 is 2.89 bits per heavy atom. The van der Waals surface area contributed by atoms with E-state index in [1.807, 2.05) is 6.20 Å². The van der Waals surface area contributed by atoms with Gasteiger partial charge in [0.2, 0.25) is 0 Å². The fraction of sp³-hybridized carbons (Fsp3) is 0.562. The number of benzene rings is 1. The largest absolute Gasteiger partial charge is 0.312 e. The van der Waals surface area contributed by atoms with E-state index in [1.165, 1.54) is 36.6 Å². The van der Waals surface area contributed by atoms with Crippen molar-refractivity contribution >= 4 is 10.9 Å². The first-order valence-corrected chi connectivity index (χ1v) is 7.52. The summed E-state index contributed by atoms with van der Waals surface area (Å²) in [4.78, 5) is 0. The van der Waals surface area contributed by atoms with Crippen LogP contribution >= 0.6 is 0 Å². The molecule has 1 aliphatic carbocycles. The van der Waals surface area contributed by atoms with Crippen LogP contribution in [0.5, 0.6) is 0 Å². The summed E-state index contributed by atoms with van der Waals surface area (Å²) in [5.74, 6) is 0.822. The first kappa shape index (κ1) is 12.7. The second kappa shape index (κ2) is 5.74. The monoisotopic (exact) mass is 257 g/mol. The van der Waals surface area contributed by atoms with E-state index >= 15 is 0 Å². The molecule has 0 radical (unpaired) electrons. The average Bonchev–Trinajstić information content (AvgIpc) is 3.08. The topological polar surface area (TPSA) is 29.9 Å². The lowest BCUT2D eigenvalue weighted by molar-refractivity contribution is 0.320. The van der Waals surface area contributed by atoms with Crippen LogP contribution in [0.25, 0.3) is 10.9 Å². The Morgan fingerprint density at radius 2 is 2.11 bits per heavy atom. The minimum absolute atomic E-state index is 0.566. The molecule has 1 heterocycles. The van der Waals surface area contributed by atoms with Crippen molar-refractivity contribution in [2.24, 2.45) is 5.92 Å². The molecule has 1 saturated carbocycles. The van der Waals surface area contributed by atoms with E-state index in [2.05, 4.69) is 46.3 Å². The average molecular weight is 257 g/mol. The Labute approximate surface area is 115 Å². The molecular formula is C16H23N3. The molecular weight excluding hydrogens is 234 g/mol. The molecule has 0 spiro atoms. The van der Waals surface area contributed by atoms with Crippen molar-refractivity contribution in [2.75, 3.05) is 6.54 Å². The highest BCUT2D eigenvalue weighted by Gasteiger charge is 2.25. The number of para-hydroxylation sites is 1. The summed E-state index contributed by atoms with van der Waals surface area (Å²) in [6.07, 6.45) is 7.51. The van der Waals surface area contributed by atoms with Crippen molar-refractivity contribution in [3.8, 4) is 0 Å². The molecule has 2 aromatic rings. The van der Waals surface area contributed by atoms with Crippen molar-refractivity contribution in [1.82, 2.24) is 15.1 Å². The number of fused-ring (bicyclic) bond motifs is 1. The first-order chi connectivity index (χ1) is 9.38. The van der Waals surface area contributed by atoms with Gasteiger partial charge in [-0.05, 0) is 31.4 Å². The highest BCUT2D eigenvalue weighted by atomic mass is 15.3. The fourth-order valence-corrected chi connectivity index (χ4v) is 3.36. The van der Waals surface area contributed by atoms with Gasteiger partial charge in [0.05, 0.1) is 18.3 Å². The third-order valence-electron chi connectivity index (χ3n) is 4.36.